The van der Waals surface area contributed by atoms with Crippen LogP contribution in [0.15, 0.2) is 75.3 Å². The van der Waals surface area contributed by atoms with Crippen molar-refractivity contribution in [2.45, 2.75) is 19.9 Å². The number of nitrogens with zero attached hydrogens (tertiary/aromatic N) is 2. The largest absolute Gasteiger partial charge is 0.493 e. The summed E-state index contributed by atoms with van der Waals surface area (Å²) in [5.41, 5.74) is 1.95. The Morgan fingerprint density at radius 1 is 1.07 bits per heavy atom. The van der Waals surface area contributed by atoms with Crippen LogP contribution in [0.5, 0.6) is 11.5 Å². The van der Waals surface area contributed by atoms with Gasteiger partial charge in [0.05, 0.1) is 39.7 Å². The highest BCUT2D eigenvalue weighted by Gasteiger charge is 2.35. The van der Waals surface area contributed by atoms with Crippen molar-refractivity contribution in [3.05, 3.63) is 105 Å². The molecule has 0 N–H and O–H groups in total. The number of fused-ring (bicyclic) bond motifs is 1. The molecule has 4 aromatic rings. The van der Waals surface area contributed by atoms with E-state index in [1.54, 1.807) is 30.6 Å². The summed E-state index contributed by atoms with van der Waals surface area (Å²) in [5, 5.41) is 1.91. The molecule has 0 fully saturated rings. The number of carbonyl (C=O) groups excluding carboxylic acids is 2. The van der Waals surface area contributed by atoms with E-state index in [4.69, 9.17) is 23.9 Å². The lowest BCUT2D eigenvalue weighted by atomic mass is 9.97. The molecule has 0 radical (unpaired) electrons. The number of ether oxygens (including phenoxy) is 4. The third-order valence-corrected chi connectivity index (χ3v) is 9.08. The van der Waals surface area contributed by atoms with Crippen LogP contribution in [-0.2, 0) is 19.1 Å². The molecule has 0 bridgehead atoms. The topological polar surface area (TPSA) is 105 Å². The van der Waals surface area contributed by atoms with Crippen molar-refractivity contribution < 1.29 is 28.5 Å². The van der Waals surface area contributed by atoms with Gasteiger partial charge >= 0.3 is 11.9 Å². The zero-order chi connectivity index (χ0) is 30.5. The van der Waals surface area contributed by atoms with Crippen LogP contribution in [0.3, 0.4) is 0 Å². The van der Waals surface area contributed by atoms with Gasteiger partial charge in [0, 0.05) is 10.4 Å². The Labute approximate surface area is 268 Å². The van der Waals surface area contributed by atoms with Crippen LogP contribution >= 0.6 is 45.3 Å². The van der Waals surface area contributed by atoms with Crippen LogP contribution in [0.4, 0.5) is 0 Å². The van der Waals surface area contributed by atoms with Crippen LogP contribution in [0.2, 0.25) is 0 Å². The second kappa shape index (κ2) is 13.7. The Bertz CT molecular complexity index is 1860. The van der Waals surface area contributed by atoms with Crippen LogP contribution < -0.4 is 24.4 Å². The van der Waals surface area contributed by atoms with Gasteiger partial charge in [-0.2, -0.15) is 0 Å². The standard InChI is InChI=1S/C31H27IN2O7S2/c1-4-39-24(35)17-41-28-20(32)14-18(15-21(28)38-3)16-23-29(36)34-27(22-12-9-13-42-22)25(30(37)40-5-2)26(33-31(34)43-23)19-10-7-6-8-11-19/h6-16,27H,4-5,17H2,1-3H3/b23-16-/t27-/m1/s1. The molecule has 0 saturated heterocycles. The molecule has 1 aliphatic heterocycles. The third-order valence-electron chi connectivity index (χ3n) is 6.38. The summed E-state index contributed by atoms with van der Waals surface area (Å²) in [5.74, 6) is -0.194. The van der Waals surface area contributed by atoms with Gasteiger partial charge in [0.1, 0.15) is 6.04 Å². The van der Waals surface area contributed by atoms with E-state index in [0.717, 1.165) is 10.4 Å². The molecule has 12 heteroatoms. The van der Waals surface area contributed by atoms with E-state index in [9.17, 15) is 14.4 Å². The first kappa shape index (κ1) is 30.7. The highest BCUT2D eigenvalue weighted by Crippen LogP contribution is 2.37. The van der Waals surface area contributed by atoms with Crippen molar-refractivity contribution in [2.75, 3.05) is 26.9 Å². The van der Waals surface area contributed by atoms with Gasteiger partial charge in [-0.05, 0) is 71.7 Å². The van der Waals surface area contributed by atoms with E-state index < -0.39 is 18.0 Å². The second-order valence-corrected chi connectivity index (χ2v) is 12.2. The summed E-state index contributed by atoms with van der Waals surface area (Å²) in [6.07, 6.45) is 1.76. The predicted molar refractivity (Wildman–Crippen MR) is 173 cm³/mol. The minimum atomic E-state index is -0.707. The molecule has 5 rings (SSSR count). The minimum absolute atomic E-state index is 0.186. The summed E-state index contributed by atoms with van der Waals surface area (Å²) in [7, 11) is 1.50. The van der Waals surface area contributed by atoms with Gasteiger partial charge < -0.3 is 18.9 Å². The van der Waals surface area contributed by atoms with Crippen molar-refractivity contribution in [1.29, 1.82) is 0 Å². The average Bonchev–Trinajstić information content (AvgIpc) is 3.64. The number of halogens is 1. The molecule has 2 aromatic heterocycles. The first-order chi connectivity index (χ1) is 20.9. The maximum atomic E-state index is 14.0. The van der Waals surface area contributed by atoms with E-state index >= 15 is 0 Å². The number of methoxy groups -OCH3 is 1. The molecule has 0 amide bonds. The average molecular weight is 731 g/mol. The first-order valence-corrected chi connectivity index (χ1v) is 16.1. The Balaban J connectivity index is 1.66. The van der Waals surface area contributed by atoms with Crippen molar-refractivity contribution >= 4 is 69.0 Å². The maximum absolute atomic E-state index is 14.0. The van der Waals surface area contributed by atoms with Crippen molar-refractivity contribution in [3.63, 3.8) is 0 Å². The summed E-state index contributed by atoms with van der Waals surface area (Å²) in [6.45, 7) is 3.66. The number of benzene rings is 2. The molecular formula is C31H27IN2O7S2. The lowest BCUT2D eigenvalue weighted by molar-refractivity contribution is -0.145. The number of esters is 2. The fourth-order valence-electron chi connectivity index (χ4n) is 4.60. The van der Waals surface area contributed by atoms with Crippen LogP contribution in [-0.4, -0.2) is 43.4 Å². The van der Waals surface area contributed by atoms with Gasteiger partial charge in [-0.15, -0.1) is 11.3 Å². The fourth-order valence-corrected chi connectivity index (χ4v) is 7.21. The van der Waals surface area contributed by atoms with Gasteiger partial charge in [0.25, 0.3) is 5.56 Å². The zero-order valence-corrected chi connectivity index (χ0v) is 27.3. The zero-order valence-electron chi connectivity index (χ0n) is 23.5. The third kappa shape index (κ3) is 6.45. The first-order valence-electron chi connectivity index (χ1n) is 13.3. The number of thiazole rings is 1. The van der Waals surface area contributed by atoms with E-state index in [1.165, 1.54) is 29.8 Å². The second-order valence-electron chi connectivity index (χ2n) is 9.07. The van der Waals surface area contributed by atoms with E-state index in [2.05, 4.69) is 22.6 Å². The lowest BCUT2D eigenvalue weighted by Gasteiger charge is -2.24. The van der Waals surface area contributed by atoms with E-state index in [0.29, 0.717) is 41.2 Å². The highest BCUT2D eigenvalue weighted by molar-refractivity contribution is 14.1. The fraction of sp³-hybridized carbons (Fsp3) is 0.226. The normalized spacial score (nSPS) is 14.6. The molecule has 9 nitrogen and oxygen atoms in total. The van der Waals surface area contributed by atoms with Crippen molar-refractivity contribution in [3.8, 4) is 11.5 Å². The highest BCUT2D eigenvalue weighted by atomic mass is 127. The molecular weight excluding hydrogens is 703 g/mol. The molecule has 222 valence electrons. The van der Waals surface area contributed by atoms with Gasteiger partial charge in [0.2, 0.25) is 0 Å². The lowest BCUT2D eigenvalue weighted by Crippen LogP contribution is -2.39. The molecule has 0 aliphatic carbocycles. The number of carbonyl (C=O) groups is 2. The minimum Gasteiger partial charge on any atom is -0.493 e. The number of hydrogen-bond donors (Lipinski definition) is 0. The summed E-state index contributed by atoms with van der Waals surface area (Å²) in [6, 6.07) is 16.1. The number of rotatable bonds is 10. The molecule has 3 heterocycles. The number of aromatic nitrogens is 1. The molecule has 2 aromatic carbocycles. The van der Waals surface area contributed by atoms with Gasteiger partial charge in [-0.3, -0.25) is 9.36 Å². The Hall–Kier alpha value is -3.75. The van der Waals surface area contributed by atoms with Gasteiger partial charge in [-0.25, -0.2) is 14.6 Å². The van der Waals surface area contributed by atoms with Crippen LogP contribution in [0.1, 0.15) is 35.9 Å². The Kier molecular flexibility index (Phi) is 9.78. The summed E-state index contributed by atoms with van der Waals surface area (Å²) >= 11 is 4.79. The Morgan fingerprint density at radius 2 is 1.84 bits per heavy atom. The van der Waals surface area contributed by atoms with Crippen molar-refractivity contribution in [1.82, 2.24) is 4.57 Å². The molecule has 0 unspecified atom stereocenters. The summed E-state index contributed by atoms with van der Waals surface area (Å²) in [4.78, 5) is 45.5. The predicted octanol–water partition coefficient (Wildman–Crippen LogP) is 4.55. The number of thiophene rings is 1. The van der Waals surface area contributed by atoms with Crippen LogP contribution in [0, 0.1) is 3.57 Å². The van der Waals surface area contributed by atoms with Crippen molar-refractivity contribution in [2.24, 2.45) is 4.99 Å². The molecule has 1 aliphatic rings. The van der Waals surface area contributed by atoms with Crippen LogP contribution in [0.25, 0.3) is 11.8 Å². The smallest absolute Gasteiger partial charge is 0.344 e. The summed E-state index contributed by atoms with van der Waals surface area (Å²) < 4.78 is 24.4. The molecule has 0 saturated carbocycles. The van der Waals surface area contributed by atoms with E-state index in [-0.39, 0.29) is 25.4 Å². The Morgan fingerprint density at radius 3 is 2.51 bits per heavy atom. The van der Waals surface area contributed by atoms with E-state index in [1.807, 2.05) is 53.9 Å². The van der Waals surface area contributed by atoms with Gasteiger partial charge in [0.15, 0.2) is 22.9 Å². The SMILES string of the molecule is CCOC(=O)COc1c(I)cc(/C=c2\sc3n(c2=O)[C@H](c2cccs2)C(C(=O)OCC)=C(c2ccccc2)N=3)cc1OC. The molecule has 43 heavy (non-hydrogen) atoms. The number of hydrogen-bond acceptors (Lipinski definition) is 10. The monoisotopic (exact) mass is 730 g/mol. The molecule has 0 spiro atoms. The van der Waals surface area contributed by atoms with Gasteiger partial charge in [-0.1, -0.05) is 47.7 Å². The maximum Gasteiger partial charge on any atom is 0.344 e. The quantitative estimate of drug-likeness (QED) is 0.174. The molecule has 1 atom stereocenters.